The number of aromatic nitrogens is 5. The zero-order valence-corrected chi connectivity index (χ0v) is 17.5. The normalized spacial score (nSPS) is 14.0. The molecule has 0 unspecified atom stereocenters. The Labute approximate surface area is 184 Å². The number of piperazine rings is 1. The number of carbonyl (C=O) groups is 1. The molecule has 162 valence electrons. The van der Waals surface area contributed by atoms with Gasteiger partial charge in [-0.1, -0.05) is 0 Å². The zero-order chi connectivity index (χ0) is 22.1. The van der Waals surface area contributed by atoms with Crippen molar-refractivity contribution in [1.29, 1.82) is 0 Å². The van der Waals surface area contributed by atoms with Crippen molar-refractivity contribution in [3.63, 3.8) is 0 Å². The Morgan fingerprint density at radius 3 is 2.66 bits per heavy atom. The first-order valence-electron chi connectivity index (χ1n) is 10.3. The van der Waals surface area contributed by atoms with Gasteiger partial charge in [0.15, 0.2) is 5.82 Å². The zero-order valence-electron chi connectivity index (χ0n) is 17.5. The fourth-order valence-corrected chi connectivity index (χ4v) is 3.85. The number of fused-ring (bicyclic) bond motifs is 1. The van der Waals surface area contributed by atoms with Gasteiger partial charge >= 0.3 is 6.09 Å². The average Bonchev–Trinajstić information content (AvgIpc) is 3.23. The molecule has 0 aliphatic carbocycles. The third kappa shape index (κ3) is 3.89. The van der Waals surface area contributed by atoms with Crippen LogP contribution in [0.15, 0.2) is 55.1 Å². The molecular formula is C22H22N8O2. The number of carboxylic acid groups (broad SMARTS) is 1. The van der Waals surface area contributed by atoms with Gasteiger partial charge in [-0.25, -0.2) is 14.8 Å². The molecule has 32 heavy (non-hydrogen) atoms. The van der Waals surface area contributed by atoms with Crippen molar-refractivity contribution < 1.29 is 9.90 Å². The smallest absolute Gasteiger partial charge is 0.407 e. The van der Waals surface area contributed by atoms with Crippen LogP contribution in [0.5, 0.6) is 0 Å². The van der Waals surface area contributed by atoms with Crippen molar-refractivity contribution in [2.45, 2.75) is 0 Å². The van der Waals surface area contributed by atoms with Crippen LogP contribution in [0.2, 0.25) is 0 Å². The quantitative estimate of drug-likeness (QED) is 0.508. The van der Waals surface area contributed by atoms with Crippen molar-refractivity contribution in [3.8, 4) is 11.3 Å². The SMILES string of the molecule is Cn1ccc(Nc2cc(-c3cc4cnccc4c(N4CCN(C(=O)O)CC4)n3)ccn2)n1. The standard InChI is InChI=1S/C22H22N8O2/c1-28-7-4-19(27-28)26-20-13-15(2-6-24-20)18-12-16-14-23-5-3-17(16)21(25-18)29-8-10-30(11-9-29)22(31)32/h2-7,12-14H,8-11H2,1H3,(H,31,32)(H,24,26,27). The van der Waals surface area contributed by atoms with E-state index >= 15 is 0 Å². The van der Waals surface area contributed by atoms with E-state index in [1.807, 2.05) is 49.8 Å². The highest BCUT2D eigenvalue weighted by molar-refractivity contribution is 5.94. The highest BCUT2D eigenvalue weighted by Crippen LogP contribution is 2.31. The van der Waals surface area contributed by atoms with Crippen molar-refractivity contribution in [2.75, 3.05) is 36.4 Å². The molecule has 5 heterocycles. The van der Waals surface area contributed by atoms with E-state index < -0.39 is 6.09 Å². The Balaban J connectivity index is 1.50. The maximum atomic E-state index is 11.3. The molecule has 0 spiro atoms. The molecule has 1 saturated heterocycles. The maximum Gasteiger partial charge on any atom is 0.407 e. The average molecular weight is 430 g/mol. The lowest BCUT2D eigenvalue weighted by atomic mass is 10.1. The molecular weight excluding hydrogens is 408 g/mol. The van der Waals surface area contributed by atoms with Gasteiger partial charge in [-0.15, -0.1) is 0 Å². The van der Waals surface area contributed by atoms with Gasteiger partial charge in [-0.3, -0.25) is 9.67 Å². The van der Waals surface area contributed by atoms with Gasteiger partial charge in [0.05, 0.1) is 5.69 Å². The number of rotatable bonds is 4. The molecule has 4 aromatic rings. The molecule has 10 heteroatoms. The predicted octanol–water partition coefficient (Wildman–Crippen LogP) is 2.97. The number of hydrogen-bond donors (Lipinski definition) is 2. The van der Waals surface area contributed by atoms with E-state index in [1.165, 1.54) is 4.90 Å². The number of nitrogens with zero attached hydrogens (tertiary/aromatic N) is 7. The minimum atomic E-state index is -0.884. The topological polar surface area (TPSA) is 112 Å². The van der Waals surface area contributed by atoms with Crippen LogP contribution in [0.3, 0.4) is 0 Å². The van der Waals surface area contributed by atoms with Gasteiger partial charge in [-0.2, -0.15) is 5.10 Å². The second-order valence-electron chi connectivity index (χ2n) is 7.61. The van der Waals surface area contributed by atoms with Crippen LogP contribution in [0.4, 0.5) is 22.2 Å². The van der Waals surface area contributed by atoms with Crippen molar-refractivity contribution in [2.24, 2.45) is 7.05 Å². The monoisotopic (exact) mass is 430 g/mol. The van der Waals surface area contributed by atoms with E-state index in [2.05, 4.69) is 25.3 Å². The molecule has 5 rings (SSSR count). The fraction of sp³-hybridized carbons (Fsp3) is 0.227. The Morgan fingerprint density at radius 2 is 1.91 bits per heavy atom. The van der Waals surface area contributed by atoms with E-state index in [9.17, 15) is 9.90 Å². The first kappa shape index (κ1) is 19.7. The van der Waals surface area contributed by atoms with Crippen LogP contribution < -0.4 is 10.2 Å². The van der Waals surface area contributed by atoms with E-state index in [-0.39, 0.29) is 0 Å². The minimum absolute atomic E-state index is 0.446. The molecule has 1 aliphatic rings. The first-order valence-corrected chi connectivity index (χ1v) is 10.3. The van der Waals surface area contributed by atoms with E-state index in [1.54, 1.807) is 17.1 Å². The molecule has 0 bridgehead atoms. The van der Waals surface area contributed by atoms with Crippen molar-refractivity contribution >= 4 is 34.3 Å². The van der Waals surface area contributed by atoms with Crippen molar-refractivity contribution in [1.82, 2.24) is 29.6 Å². The Kier molecular flexibility index (Phi) is 5.02. The second-order valence-corrected chi connectivity index (χ2v) is 7.61. The molecule has 4 aromatic heterocycles. The van der Waals surface area contributed by atoms with Gasteiger partial charge < -0.3 is 20.2 Å². The minimum Gasteiger partial charge on any atom is -0.465 e. The molecule has 1 fully saturated rings. The van der Waals surface area contributed by atoms with E-state index in [0.29, 0.717) is 37.8 Å². The number of hydrogen-bond acceptors (Lipinski definition) is 7. The number of pyridine rings is 3. The summed E-state index contributed by atoms with van der Waals surface area (Å²) in [5.41, 5.74) is 1.71. The van der Waals surface area contributed by atoms with E-state index in [0.717, 1.165) is 27.8 Å². The third-order valence-corrected chi connectivity index (χ3v) is 5.49. The Hall–Kier alpha value is -4.21. The van der Waals surface area contributed by atoms with E-state index in [4.69, 9.17) is 4.98 Å². The number of anilines is 3. The van der Waals surface area contributed by atoms with Crippen LogP contribution in [-0.2, 0) is 7.05 Å². The molecule has 2 N–H and O–H groups in total. The molecule has 0 saturated carbocycles. The largest absolute Gasteiger partial charge is 0.465 e. The predicted molar refractivity (Wildman–Crippen MR) is 121 cm³/mol. The van der Waals surface area contributed by atoms with Gasteiger partial charge in [0, 0.05) is 80.4 Å². The summed E-state index contributed by atoms with van der Waals surface area (Å²) in [6, 6.07) is 9.69. The fourth-order valence-electron chi connectivity index (χ4n) is 3.85. The lowest BCUT2D eigenvalue weighted by Crippen LogP contribution is -2.48. The molecule has 10 nitrogen and oxygen atoms in total. The van der Waals surface area contributed by atoms with Gasteiger partial charge in [0.2, 0.25) is 0 Å². The summed E-state index contributed by atoms with van der Waals surface area (Å²) >= 11 is 0. The summed E-state index contributed by atoms with van der Waals surface area (Å²) in [6.07, 6.45) is 6.29. The Bertz CT molecular complexity index is 1280. The van der Waals surface area contributed by atoms with Crippen molar-refractivity contribution in [3.05, 3.63) is 55.1 Å². The van der Waals surface area contributed by atoms with Crippen LogP contribution in [0.1, 0.15) is 0 Å². The van der Waals surface area contributed by atoms with Gasteiger partial charge in [0.1, 0.15) is 11.6 Å². The third-order valence-electron chi connectivity index (χ3n) is 5.49. The highest BCUT2D eigenvalue weighted by atomic mass is 16.4. The summed E-state index contributed by atoms with van der Waals surface area (Å²) in [6.45, 7) is 2.06. The number of amides is 1. The van der Waals surface area contributed by atoms with Crippen LogP contribution in [0.25, 0.3) is 22.0 Å². The Morgan fingerprint density at radius 1 is 1.06 bits per heavy atom. The molecule has 1 aliphatic heterocycles. The van der Waals surface area contributed by atoms with Gasteiger partial charge in [0.25, 0.3) is 0 Å². The highest BCUT2D eigenvalue weighted by Gasteiger charge is 2.23. The second kappa shape index (κ2) is 8.14. The summed E-state index contributed by atoms with van der Waals surface area (Å²) in [5, 5.41) is 18.8. The molecule has 1 amide bonds. The lowest BCUT2D eigenvalue weighted by molar-refractivity contribution is 0.142. The van der Waals surface area contributed by atoms with Crippen LogP contribution in [0, 0.1) is 0 Å². The first-order chi connectivity index (χ1) is 15.6. The summed E-state index contributed by atoms with van der Waals surface area (Å²) < 4.78 is 1.72. The maximum absolute atomic E-state index is 11.3. The molecule has 0 atom stereocenters. The summed E-state index contributed by atoms with van der Waals surface area (Å²) in [5.74, 6) is 2.22. The van der Waals surface area contributed by atoms with Gasteiger partial charge in [-0.05, 0) is 24.3 Å². The summed E-state index contributed by atoms with van der Waals surface area (Å²) in [4.78, 5) is 28.5. The number of aryl methyl sites for hydroxylation is 1. The molecule has 0 radical (unpaired) electrons. The number of nitrogens with one attached hydrogen (secondary N) is 1. The van der Waals surface area contributed by atoms with Crippen LogP contribution >= 0.6 is 0 Å². The summed E-state index contributed by atoms with van der Waals surface area (Å²) in [7, 11) is 1.86. The lowest BCUT2D eigenvalue weighted by Gasteiger charge is -2.34. The molecule has 0 aromatic carbocycles. The van der Waals surface area contributed by atoms with Crippen LogP contribution in [-0.4, -0.2) is 67.0 Å².